The summed E-state index contributed by atoms with van der Waals surface area (Å²) in [4.78, 5) is 11.1. The van der Waals surface area contributed by atoms with Crippen molar-refractivity contribution in [3.8, 4) is 0 Å². The topological polar surface area (TPSA) is 64.3 Å². The number of ether oxygens (including phenoxy) is 1. The van der Waals surface area contributed by atoms with Crippen molar-refractivity contribution in [2.75, 3.05) is 25.5 Å². The number of hydrogen-bond acceptors (Lipinski definition) is 3. The molecule has 0 fully saturated rings. The van der Waals surface area contributed by atoms with E-state index in [1.165, 1.54) is 0 Å². The fourth-order valence-electron chi connectivity index (χ4n) is 1.34. The second-order valence-corrected chi connectivity index (χ2v) is 3.95. The van der Waals surface area contributed by atoms with Gasteiger partial charge >= 0.3 is 6.18 Å². The highest BCUT2D eigenvalue weighted by atomic mass is 19.4. The van der Waals surface area contributed by atoms with E-state index in [1.54, 1.807) is 12.1 Å². The first-order valence-electron chi connectivity index (χ1n) is 5.62. The summed E-state index contributed by atoms with van der Waals surface area (Å²) in [6, 6.07) is 7.12. The van der Waals surface area contributed by atoms with E-state index in [2.05, 4.69) is 10.1 Å². The number of anilines is 1. The predicted octanol–water partition coefficient (Wildman–Crippen LogP) is 1.51. The molecule has 1 rings (SSSR count). The molecule has 19 heavy (non-hydrogen) atoms. The van der Waals surface area contributed by atoms with Crippen molar-refractivity contribution in [3.05, 3.63) is 29.8 Å². The van der Waals surface area contributed by atoms with Crippen LogP contribution in [0.15, 0.2) is 24.3 Å². The number of nitrogens with two attached hydrogens (primary N) is 1. The average molecular weight is 276 g/mol. The number of nitrogens with one attached hydrogen (secondary N) is 1. The minimum atomic E-state index is -4.41. The third-order valence-electron chi connectivity index (χ3n) is 2.21. The lowest BCUT2D eigenvalue weighted by atomic mass is 10.1. The van der Waals surface area contributed by atoms with Crippen LogP contribution in [0.2, 0.25) is 0 Å². The predicted molar refractivity (Wildman–Crippen MR) is 64.4 cm³/mol. The third kappa shape index (κ3) is 7.30. The molecule has 106 valence electrons. The quantitative estimate of drug-likeness (QED) is 0.774. The largest absolute Gasteiger partial charge is 0.411 e. The molecule has 0 aliphatic rings. The van der Waals surface area contributed by atoms with Gasteiger partial charge in [0, 0.05) is 12.2 Å². The van der Waals surface area contributed by atoms with Gasteiger partial charge in [-0.3, -0.25) is 4.79 Å². The summed E-state index contributed by atoms with van der Waals surface area (Å²) in [6.45, 7) is -1.68. The number of carbonyl (C=O) groups is 1. The molecule has 1 amide bonds. The summed E-state index contributed by atoms with van der Waals surface area (Å²) in [5, 5.41) is 2.47. The summed E-state index contributed by atoms with van der Waals surface area (Å²) in [5.74, 6) is -0.570. The van der Waals surface area contributed by atoms with Gasteiger partial charge < -0.3 is 15.8 Å². The standard InChI is InChI=1S/C12H15F3N2O2/c13-12(14,15)8-19-7-11(18)17-6-5-9-1-3-10(16)4-2-9/h1-4H,5-8,16H2,(H,17,18). The van der Waals surface area contributed by atoms with Crippen molar-refractivity contribution in [2.45, 2.75) is 12.6 Å². The Bertz CT molecular complexity index is 404. The van der Waals surface area contributed by atoms with Crippen LogP contribution < -0.4 is 11.1 Å². The molecular formula is C12H15F3N2O2. The molecule has 1 aromatic rings. The summed E-state index contributed by atoms with van der Waals surface area (Å²) >= 11 is 0. The van der Waals surface area contributed by atoms with Crippen LogP contribution in [0.5, 0.6) is 0 Å². The van der Waals surface area contributed by atoms with E-state index < -0.39 is 25.3 Å². The van der Waals surface area contributed by atoms with Crippen molar-refractivity contribution in [2.24, 2.45) is 0 Å². The van der Waals surface area contributed by atoms with Crippen LogP contribution in [0.1, 0.15) is 5.56 Å². The summed E-state index contributed by atoms with van der Waals surface area (Å²) in [6.07, 6.45) is -3.84. The average Bonchev–Trinajstić information content (AvgIpc) is 2.30. The number of carbonyl (C=O) groups excluding carboxylic acids is 1. The van der Waals surface area contributed by atoms with E-state index in [-0.39, 0.29) is 0 Å². The van der Waals surface area contributed by atoms with Crippen molar-refractivity contribution < 1.29 is 22.7 Å². The van der Waals surface area contributed by atoms with Crippen LogP contribution >= 0.6 is 0 Å². The number of halogens is 3. The van der Waals surface area contributed by atoms with Crippen LogP contribution in [0.25, 0.3) is 0 Å². The van der Waals surface area contributed by atoms with Gasteiger partial charge in [-0.25, -0.2) is 0 Å². The molecule has 0 saturated carbocycles. The lowest BCUT2D eigenvalue weighted by Crippen LogP contribution is -2.31. The van der Waals surface area contributed by atoms with Gasteiger partial charge in [0.25, 0.3) is 0 Å². The number of alkyl halides is 3. The Morgan fingerprint density at radius 2 is 1.89 bits per heavy atom. The molecule has 0 bridgehead atoms. The first kappa shape index (κ1) is 15.3. The highest BCUT2D eigenvalue weighted by Gasteiger charge is 2.27. The Balaban J connectivity index is 2.15. The number of amides is 1. The molecule has 0 spiro atoms. The summed E-state index contributed by atoms with van der Waals surface area (Å²) in [7, 11) is 0. The number of hydrogen-bond donors (Lipinski definition) is 2. The van der Waals surface area contributed by atoms with Gasteiger partial charge in [0.05, 0.1) is 0 Å². The van der Waals surface area contributed by atoms with Gasteiger partial charge in [-0.1, -0.05) is 12.1 Å². The molecule has 0 aliphatic heterocycles. The van der Waals surface area contributed by atoms with Gasteiger partial charge in [0.15, 0.2) is 0 Å². The van der Waals surface area contributed by atoms with Gasteiger partial charge in [-0.05, 0) is 24.1 Å². The summed E-state index contributed by atoms with van der Waals surface area (Å²) < 4.78 is 39.5. The van der Waals surface area contributed by atoms with Crippen LogP contribution in [0.3, 0.4) is 0 Å². The van der Waals surface area contributed by atoms with Crippen LogP contribution in [0, 0.1) is 0 Å². The summed E-state index contributed by atoms with van der Waals surface area (Å²) in [5.41, 5.74) is 7.14. The number of rotatable bonds is 6. The fourth-order valence-corrected chi connectivity index (χ4v) is 1.34. The minimum Gasteiger partial charge on any atom is -0.399 e. The van der Waals surface area contributed by atoms with Gasteiger partial charge in [0.2, 0.25) is 5.91 Å². The second-order valence-electron chi connectivity index (χ2n) is 3.95. The van der Waals surface area contributed by atoms with Crippen LogP contribution in [0.4, 0.5) is 18.9 Å². The van der Waals surface area contributed by atoms with E-state index in [9.17, 15) is 18.0 Å². The molecule has 0 heterocycles. The normalized spacial score (nSPS) is 11.3. The van der Waals surface area contributed by atoms with E-state index in [4.69, 9.17) is 5.73 Å². The van der Waals surface area contributed by atoms with Gasteiger partial charge in [-0.15, -0.1) is 0 Å². The number of nitrogen functional groups attached to an aromatic ring is 1. The maximum Gasteiger partial charge on any atom is 0.411 e. The Morgan fingerprint density at radius 1 is 1.26 bits per heavy atom. The molecule has 0 radical (unpaired) electrons. The highest BCUT2D eigenvalue weighted by Crippen LogP contribution is 2.14. The van der Waals surface area contributed by atoms with E-state index >= 15 is 0 Å². The van der Waals surface area contributed by atoms with Gasteiger partial charge in [-0.2, -0.15) is 13.2 Å². The maximum atomic E-state index is 11.7. The molecular weight excluding hydrogens is 261 g/mol. The monoisotopic (exact) mass is 276 g/mol. The van der Waals surface area contributed by atoms with Crippen molar-refractivity contribution in [1.29, 1.82) is 0 Å². The van der Waals surface area contributed by atoms with Crippen molar-refractivity contribution in [1.82, 2.24) is 5.32 Å². The zero-order valence-electron chi connectivity index (χ0n) is 10.2. The molecule has 7 heteroatoms. The van der Waals surface area contributed by atoms with E-state index in [0.717, 1.165) is 5.56 Å². The Kier molecular flexibility index (Phi) is 5.62. The maximum absolute atomic E-state index is 11.7. The second kappa shape index (κ2) is 6.98. The van der Waals surface area contributed by atoms with Crippen molar-refractivity contribution in [3.63, 3.8) is 0 Å². The zero-order chi connectivity index (χ0) is 14.3. The molecule has 0 aliphatic carbocycles. The molecule has 0 unspecified atom stereocenters. The highest BCUT2D eigenvalue weighted by molar-refractivity contribution is 5.77. The lowest BCUT2D eigenvalue weighted by molar-refractivity contribution is -0.175. The Morgan fingerprint density at radius 3 is 2.47 bits per heavy atom. The third-order valence-corrected chi connectivity index (χ3v) is 2.21. The minimum absolute atomic E-state index is 0.331. The van der Waals surface area contributed by atoms with E-state index in [0.29, 0.717) is 18.7 Å². The Labute approximate surface area is 108 Å². The molecule has 0 aromatic heterocycles. The zero-order valence-corrected chi connectivity index (χ0v) is 10.2. The van der Waals surface area contributed by atoms with E-state index in [1.807, 2.05) is 12.1 Å². The SMILES string of the molecule is Nc1ccc(CCNC(=O)COCC(F)(F)F)cc1. The fraction of sp³-hybridized carbons (Fsp3) is 0.417. The van der Waals surface area contributed by atoms with Crippen LogP contribution in [-0.2, 0) is 16.0 Å². The molecule has 0 atom stereocenters. The first-order chi connectivity index (χ1) is 8.87. The smallest absolute Gasteiger partial charge is 0.399 e. The Hall–Kier alpha value is -1.76. The number of benzene rings is 1. The first-order valence-corrected chi connectivity index (χ1v) is 5.62. The molecule has 4 nitrogen and oxygen atoms in total. The molecule has 1 aromatic carbocycles. The molecule has 0 saturated heterocycles. The van der Waals surface area contributed by atoms with Crippen molar-refractivity contribution >= 4 is 11.6 Å². The van der Waals surface area contributed by atoms with Gasteiger partial charge in [0.1, 0.15) is 13.2 Å². The lowest BCUT2D eigenvalue weighted by Gasteiger charge is -2.08. The van der Waals surface area contributed by atoms with Crippen LogP contribution in [-0.4, -0.2) is 31.8 Å². The molecule has 3 N–H and O–H groups in total.